The summed E-state index contributed by atoms with van der Waals surface area (Å²) in [4.78, 5) is 14.2. The van der Waals surface area contributed by atoms with Crippen molar-refractivity contribution in [3.63, 3.8) is 0 Å². The van der Waals surface area contributed by atoms with Gasteiger partial charge >= 0.3 is 5.97 Å². The van der Waals surface area contributed by atoms with Crippen LogP contribution in [0.25, 0.3) is 0 Å². The number of rotatable bonds is 7. The van der Waals surface area contributed by atoms with E-state index in [4.69, 9.17) is 0 Å². The maximum absolute atomic E-state index is 11.9. The third-order valence-electron chi connectivity index (χ3n) is 15.7. The zero-order valence-corrected chi connectivity index (χ0v) is 29.6. The quantitative estimate of drug-likeness (QED) is 0.281. The Morgan fingerprint density at radius 1 is 0.978 bits per heavy atom. The maximum atomic E-state index is 11.9. The van der Waals surface area contributed by atoms with Crippen molar-refractivity contribution in [3.8, 4) is 0 Å². The van der Waals surface area contributed by atoms with Gasteiger partial charge < -0.3 is 19.9 Å². The number of hydrogen-bond acceptors (Lipinski definition) is 4. The van der Waals surface area contributed by atoms with Gasteiger partial charge in [0.25, 0.3) is 0 Å². The summed E-state index contributed by atoms with van der Waals surface area (Å²) >= 11 is -0.668. The summed E-state index contributed by atoms with van der Waals surface area (Å²) < 4.78 is 11.9. The monoisotopic (exact) mass is 638 g/mol. The van der Waals surface area contributed by atoms with E-state index in [2.05, 4.69) is 43.1 Å². The molecule has 45 heavy (non-hydrogen) atoms. The Bertz CT molecular complexity index is 1180. The van der Waals surface area contributed by atoms with E-state index in [0.29, 0.717) is 34.0 Å². The molecule has 0 aromatic carbocycles. The lowest BCUT2D eigenvalue weighted by atomic mass is 9.38. The standard InChI is InChI=1S/C39H62N2O3S/c1-26-30(27-7-9-28(10-8-27)36(42)43)13-19-37(2)32(26)14-20-38(3)33-15-21-39(18-5-6-34(39)31(33)11-12-35(37)38)40-22-25-41-23-16-29(17-24-41)45(4)44/h7,13,26,28-29,31-35,40H,5-6,8-12,14-25H2,1-4H3,(H,42,43)/t26?,28-,31?,32?,33?,34-,35-,37?,38?,39?,45?/m1/s1. The number of allylic oxidation sites excluding steroid dienone is 4. The van der Waals surface area contributed by atoms with E-state index in [9.17, 15) is 14.5 Å². The van der Waals surface area contributed by atoms with Crippen LogP contribution >= 0.6 is 0 Å². The third-order valence-corrected chi connectivity index (χ3v) is 17.2. The van der Waals surface area contributed by atoms with Crippen LogP contribution in [0.4, 0.5) is 0 Å². The zero-order valence-electron chi connectivity index (χ0n) is 28.8. The number of piperidine rings is 1. The summed E-state index contributed by atoms with van der Waals surface area (Å²) in [5.74, 6) is 3.99. The van der Waals surface area contributed by atoms with E-state index in [1.807, 2.05) is 6.26 Å². The highest BCUT2D eigenvalue weighted by atomic mass is 32.2. The molecule has 11 atom stereocenters. The highest BCUT2D eigenvalue weighted by Gasteiger charge is 2.64. The number of nitrogens with one attached hydrogen (secondary N) is 1. The van der Waals surface area contributed by atoms with Crippen molar-refractivity contribution in [3.05, 3.63) is 23.3 Å². The molecule has 252 valence electrons. The van der Waals surface area contributed by atoms with Crippen LogP contribution in [0.3, 0.4) is 0 Å². The SMILES string of the molecule is CC1C(C2=CC[C@@H](C(=O)O)CC2)=CCC2(C)C1CCC1(C)C3CCC4(NCCN5CCC([S+](C)[O-])CC5)CCC[C@@H]4C3CC[C@H]21. The molecule has 5 nitrogen and oxygen atoms in total. The van der Waals surface area contributed by atoms with E-state index in [0.717, 1.165) is 81.5 Å². The van der Waals surface area contributed by atoms with Gasteiger partial charge in [-0.3, -0.25) is 4.79 Å². The Balaban J connectivity index is 1.02. The van der Waals surface area contributed by atoms with Gasteiger partial charge in [-0.2, -0.15) is 0 Å². The minimum absolute atomic E-state index is 0.189. The molecular weight excluding hydrogens is 577 g/mol. The van der Waals surface area contributed by atoms with Crippen LogP contribution < -0.4 is 5.32 Å². The van der Waals surface area contributed by atoms with Crippen LogP contribution in [0.1, 0.15) is 117 Å². The molecule has 7 aliphatic rings. The van der Waals surface area contributed by atoms with E-state index in [1.165, 1.54) is 69.8 Å². The summed E-state index contributed by atoms with van der Waals surface area (Å²) in [6.07, 6.45) is 25.3. The molecular formula is C39H62N2O3S. The average Bonchev–Trinajstić information content (AvgIpc) is 3.46. The predicted molar refractivity (Wildman–Crippen MR) is 184 cm³/mol. The van der Waals surface area contributed by atoms with Gasteiger partial charge in [-0.15, -0.1) is 0 Å². The molecule has 4 saturated carbocycles. The second-order valence-corrected chi connectivity index (χ2v) is 19.1. The Hall–Kier alpha value is -0.820. The average molecular weight is 639 g/mol. The molecule has 5 fully saturated rings. The number of hydrogen-bond donors (Lipinski definition) is 2. The number of carboxylic acids is 1. The lowest BCUT2D eigenvalue weighted by Gasteiger charge is -2.67. The van der Waals surface area contributed by atoms with Crippen molar-refractivity contribution in [2.24, 2.45) is 52.3 Å². The van der Waals surface area contributed by atoms with Gasteiger partial charge in [0.1, 0.15) is 5.25 Å². The summed E-state index contributed by atoms with van der Waals surface area (Å²) in [7, 11) is 0. The Labute approximate surface area is 277 Å². The molecule has 0 aromatic heterocycles. The zero-order chi connectivity index (χ0) is 31.6. The van der Waals surface area contributed by atoms with E-state index >= 15 is 0 Å². The van der Waals surface area contributed by atoms with Gasteiger partial charge in [0.15, 0.2) is 0 Å². The number of aliphatic carboxylic acids is 1. The summed E-state index contributed by atoms with van der Waals surface area (Å²) in [5, 5.41) is 14.2. The Morgan fingerprint density at radius 3 is 2.47 bits per heavy atom. The molecule has 0 aromatic rings. The predicted octanol–water partition coefficient (Wildman–Crippen LogP) is 7.59. The van der Waals surface area contributed by atoms with Crippen LogP contribution in [-0.2, 0) is 16.0 Å². The number of likely N-dealkylation sites (tertiary alicyclic amines) is 1. The molecule has 6 aliphatic carbocycles. The third kappa shape index (κ3) is 5.62. The molecule has 0 bridgehead atoms. The van der Waals surface area contributed by atoms with Crippen LogP contribution in [0.15, 0.2) is 23.3 Å². The lowest BCUT2D eigenvalue weighted by molar-refractivity contribution is -0.166. The number of nitrogens with zero attached hydrogens (tertiary/aromatic N) is 1. The molecule has 8 unspecified atom stereocenters. The summed E-state index contributed by atoms with van der Waals surface area (Å²) in [5.41, 5.74) is 4.27. The number of carboxylic acid groups (broad SMARTS) is 1. The highest BCUT2D eigenvalue weighted by molar-refractivity contribution is 7.91. The Kier molecular flexibility index (Phi) is 9.14. The second kappa shape index (κ2) is 12.6. The van der Waals surface area contributed by atoms with Crippen molar-refractivity contribution >= 4 is 17.1 Å². The van der Waals surface area contributed by atoms with Crippen LogP contribution in [0, 0.1) is 52.3 Å². The molecule has 6 heteroatoms. The normalized spacial score (nSPS) is 46.2. The van der Waals surface area contributed by atoms with E-state index in [-0.39, 0.29) is 5.92 Å². The fraction of sp³-hybridized carbons (Fsp3) is 0.872. The van der Waals surface area contributed by atoms with Crippen LogP contribution in [0.2, 0.25) is 0 Å². The molecule has 7 rings (SSSR count). The largest absolute Gasteiger partial charge is 0.616 e. The molecule has 0 amide bonds. The second-order valence-electron chi connectivity index (χ2n) is 17.4. The van der Waals surface area contributed by atoms with Gasteiger partial charge in [0.2, 0.25) is 0 Å². The van der Waals surface area contributed by atoms with Crippen LogP contribution in [0.5, 0.6) is 0 Å². The van der Waals surface area contributed by atoms with Gasteiger partial charge in [0, 0.05) is 44.6 Å². The fourth-order valence-corrected chi connectivity index (χ4v) is 14.3. The first-order valence-electron chi connectivity index (χ1n) is 19.0. The molecule has 2 N–H and O–H groups in total. The molecule has 0 radical (unpaired) electrons. The van der Waals surface area contributed by atoms with Gasteiger partial charge in [0.05, 0.1) is 12.2 Å². The van der Waals surface area contributed by atoms with Gasteiger partial charge in [-0.05, 0) is 135 Å². The fourth-order valence-electron chi connectivity index (χ4n) is 13.4. The first kappa shape index (κ1) is 32.7. The minimum atomic E-state index is -0.668. The smallest absolute Gasteiger partial charge is 0.306 e. The van der Waals surface area contributed by atoms with Crippen molar-refractivity contribution < 1.29 is 14.5 Å². The highest BCUT2D eigenvalue weighted by Crippen LogP contribution is 2.70. The molecule has 1 aliphatic heterocycles. The maximum Gasteiger partial charge on any atom is 0.306 e. The first-order valence-corrected chi connectivity index (χ1v) is 20.6. The van der Waals surface area contributed by atoms with Gasteiger partial charge in [-0.25, -0.2) is 0 Å². The summed E-state index contributed by atoms with van der Waals surface area (Å²) in [6.45, 7) is 12.4. The first-order chi connectivity index (χ1) is 21.6. The van der Waals surface area contributed by atoms with Crippen molar-refractivity contribution in [1.29, 1.82) is 0 Å². The number of carbonyl (C=O) groups is 1. The van der Waals surface area contributed by atoms with E-state index < -0.39 is 17.1 Å². The summed E-state index contributed by atoms with van der Waals surface area (Å²) in [6, 6.07) is 0. The molecule has 1 saturated heterocycles. The molecule has 0 spiro atoms. The van der Waals surface area contributed by atoms with E-state index in [1.54, 1.807) is 5.57 Å². The van der Waals surface area contributed by atoms with Crippen LogP contribution in [-0.4, -0.2) is 63.8 Å². The van der Waals surface area contributed by atoms with Gasteiger partial charge in [-0.1, -0.05) is 50.5 Å². The van der Waals surface area contributed by atoms with Crippen molar-refractivity contribution in [1.82, 2.24) is 10.2 Å². The number of fused-ring (bicyclic) bond motifs is 7. The van der Waals surface area contributed by atoms with Crippen molar-refractivity contribution in [2.45, 2.75) is 128 Å². The lowest BCUT2D eigenvalue weighted by Crippen LogP contribution is -2.63. The molecule has 1 heterocycles. The Morgan fingerprint density at radius 2 is 1.76 bits per heavy atom. The topological polar surface area (TPSA) is 75.6 Å². The van der Waals surface area contributed by atoms with Crippen molar-refractivity contribution in [2.75, 3.05) is 32.4 Å². The minimum Gasteiger partial charge on any atom is -0.616 e.